The van der Waals surface area contributed by atoms with Gasteiger partial charge in [-0.15, -0.1) is 0 Å². The van der Waals surface area contributed by atoms with Gasteiger partial charge in [-0.1, -0.05) is 46.8 Å². The first-order valence-electron chi connectivity index (χ1n) is 6.34. The van der Waals surface area contributed by atoms with E-state index in [0.29, 0.717) is 0 Å². The normalized spacial score (nSPS) is 9.47. The zero-order chi connectivity index (χ0) is 11.8. The van der Waals surface area contributed by atoms with Crippen LogP contribution in [0.4, 0.5) is 0 Å². The third kappa shape index (κ3) is 3.37. The largest absolute Gasteiger partial charge is 0.0683 e. The second-order valence-corrected chi connectivity index (χ2v) is 3.55. The Morgan fingerprint density at radius 3 is 1.67 bits per heavy atom. The Bertz CT molecular complexity index is 284. The zero-order valence-corrected chi connectivity index (χ0v) is 11.3. The quantitative estimate of drug-likeness (QED) is 0.672. The molecule has 0 bridgehead atoms. The highest BCUT2D eigenvalue weighted by molar-refractivity contribution is 5.40. The lowest BCUT2D eigenvalue weighted by Gasteiger charge is -2.13. The fraction of sp³-hybridized carbons (Fsp3) is 0.600. The summed E-state index contributed by atoms with van der Waals surface area (Å²) in [5.41, 5.74) is 6.12. The molecule has 1 aromatic rings. The molecular formula is C15H26. The summed E-state index contributed by atoms with van der Waals surface area (Å²) in [4.78, 5) is 0. The molecule has 0 saturated heterocycles. The summed E-state index contributed by atoms with van der Waals surface area (Å²) in [7, 11) is 0. The lowest BCUT2D eigenvalue weighted by atomic mass is 9.93. The molecule has 0 atom stereocenters. The molecule has 0 aliphatic rings. The van der Waals surface area contributed by atoms with Crippen molar-refractivity contribution in [3.63, 3.8) is 0 Å². The smallest absolute Gasteiger partial charge is 0.0302 e. The van der Waals surface area contributed by atoms with Crippen molar-refractivity contribution in [3.8, 4) is 0 Å². The third-order valence-corrected chi connectivity index (χ3v) is 2.92. The van der Waals surface area contributed by atoms with Gasteiger partial charge in [-0.05, 0) is 48.4 Å². The minimum absolute atomic E-state index is 1.16. The Hall–Kier alpha value is -0.780. The van der Waals surface area contributed by atoms with Gasteiger partial charge >= 0.3 is 0 Å². The van der Waals surface area contributed by atoms with Crippen molar-refractivity contribution in [1.82, 2.24) is 0 Å². The van der Waals surface area contributed by atoms with E-state index in [2.05, 4.69) is 39.8 Å². The second kappa shape index (κ2) is 7.50. The van der Waals surface area contributed by atoms with Gasteiger partial charge in [0.15, 0.2) is 0 Å². The summed E-state index contributed by atoms with van der Waals surface area (Å²) in [5, 5.41) is 0. The SMILES string of the molecule is CC.CCc1ccc(CC)c(CC)c1C. The summed E-state index contributed by atoms with van der Waals surface area (Å²) < 4.78 is 0. The number of hydrogen-bond donors (Lipinski definition) is 0. The Morgan fingerprint density at radius 1 is 0.800 bits per heavy atom. The van der Waals surface area contributed by atoms with Gasteiger partial charge in [-0.25, -0.2) is 0 Å². The summed E-state index contributed by atoms with van der Waals surface area (Å²) in [6.45, 7) is 13.0. The molecule has 0 heteroatoms. The van der Waals surface area contributed by atoms with Crippen LogP contribution in [0.1, 0.15) is 56.9 Å². The van der Waals surface area contributed by atoms with Gasteiger partial charge < -0.3 is 0 Å². The van der Waals surface area contributed by atoms with Crippen molar-refractivity contribution in [2.75, 3.05) is 0 Å². The van der Waals surface area contributed by atoms with Gasteiger partial charge in [-0.2, -0.15) is 0 Å². The van der Waals surface area contributed by atoms with E-state index in [1.54, 1.807) is 5.56 Å². The van der Waals surface area contributed by atoms with Crippen molar-refractivity contribution in [3.05, 3.63) is 34.4 Å². The van der Waals surface area contributed by atoms with Gasteiger partial charge in [0.25, 0.3) is 0 Å². The Morgan fingerprint density at radius 2 is 1.27 bits per heavy atom. The van der Waals surface area contributed by atoms with E-state index in [0.717, 1.165) is 12.8 Å². The predicted octanol–water partition coefficient (Wildman–Crippen LogP) is 4.71. The Labute approximate surface area is 95.7 Å². The molecule has 0 aliphatic carbocycles. The lowest BCUT2D eigenvalue weighted by Crippen LogP contribution is -1.98. The molecule has 86 valence electrons. The fourth-order valence-corrected chi connectivity index (χ4v) is 2.07. The van der Waals surface area contributed by atoms with Crippen molar-refractivity contribution < 1.29 is 0 Å². The fourth-order valence-electron chi connectivity index (χ4n) is 2.07. The van der Waals surface area contributed by atoms with Crippen LogP contribution in [0.5, 0.6) is 0 Å². The highest BCUT2D eigenvalue weighted by atomic mass is 14.1. The lowest BCUT2D eigenvalue weighted by molar-refractivity contribution is 0.988. The van der Waals surface area contributed by atoms with E-state index < -0.39 is 0 Å². The van der Waals surface area contributed by atoms with Crippen LogP contribution in [-0.4, -0.2) is 0 Å². The summed E-state index contributed by atoms with van der Waals surface area (Å²) in [6, 6.07) is 4.58. The average molecular weight is 206 g/mol. The number of aryl methyl sites for hydroxylation is 2. The van der Waals surface area contributed by atoms with Gasteiger partial charge in [0.2, 0.25) is 0 Å². The van der Waals surface area contributed by atoms with E-state index in [9.17, 15) is 0 Å². The first-order valence-corrected chi connectivity index (χ1v) is 6.34. The monoisotopic (exact) mass is 206 g/mol. The van der Waals surface area contributed by atoms with Crippen molar-refractivity contribution in [2.45, 2.75) is 60.8 Å². The van der Waals surface area contributed by atoms with E-state index in [-0.39, 0.29) is 0 Å². The van der Waals surface area contributed by atoms with Gasteiger partial charge in [-0.3, -0.25) is 0 Å². The van der Waals surface area contributed by atoms with E-state index >= 15 is 0 Å². The first-order chi connectivity index (χ1) is 7.24. The predicted molar refractivity (Wildman–Crippen MR) is 70.7 cm³/mol. The minimum atomic E-state index is 1.16. The van der Waals surface area contributed by atoms with Gasteiger partial charge in [0.1, 0.15) is 0 Å². The molecule has 0 fully saturated rings. The number of rotatable bonds is 3. The van der Waals surface area contributed by atoms with Gasteiger partial charge in [0.05, 0.1) is 0 Å². The van der Waals surface area contributed by atoms with E-state index in [4.69, 9.17) is 0 Å². The third-order valence-electron chi connectivity index (χ3n) is 2.92. The molecule has 0 radical (unpaired) electrons. The zero-order valence-electron chi connectivity index (χ0n) is 11.3. The highest BCUT2D eigenvalue weighted by Crippen LogP contribution is 2.20. The summed E-state index contributed by atoms with van der Waals surface area (Å²) in [6.07, 6.45) is 3.49. The van der Waals surface area contributed by atoms with Crippen LogP contribution in [0.15, 0.2) is 12.1 Å². The van der Waals surface area contributed by atoms with Crippen LogP contribution < -0.4 is 0 Å². The van der Waals surface area contributed by atoms with Gasteiger partial charge in [0, 0.05) is 0 Å². The van der Waals surface area contributed by atoms with E-state index in [1.807, 2.05) is 13.8 Å². The topological polar surface area (TPSA) is 0 Å². The Kier molecular flexibility index (Phi) is 7.11. The van der Waals surface area contributed by atoms with Crippen LogP contribution >= 0.6 is 0 Å². The van der Waals surface area contributed by atoms with Crippen molar-refractivity contribution in [2.24, 2.45) is 0 Å². The maximum absolute atomic E-state index is 2.30. The van der Waals surface area contributed by atoms with Crippen LogP contribution in [0.3, 0.4) is 0 Å². The van der Waals surface area contributed by atoms with Crippen molar-refractivity contribution >= 4 is 0 Å². The van der Waals surface area contributed by atoms with Crippen LogP contribution in [0.2, 0.25) is 0 Å². The highest BCUT2D eigenvalue weighted by Gasteiger charge is 2.05. The van der Waals surface area contributed by atoms with Crippen LogP contribution in [-0.2, 0) is 19.3 Å². The Balaban J connectivity index is 0.000000921. The molecule has 0 unspecified atom stereocenters. The standard InChI is InChI=1S/C13H20.C2H6/c1-5-11-8-9-12(6-2)13(7-3)10(11)4;1-2/h8-9H,5-7H2,1-4H3;1-2H3. The molecule has 0 amide bonds. The molecule has 15 heavy (non-hydrogen) atoms. The van der Waals surface area contributed by atoms with Crippen LogP contribution in [0, 0.1) is 6.92 Å². The molecule has 0 aromatic heterocycles. The summed E-state index contributed by atoms with van der Waals surface area (Å²) >= 11 is 0. The maximum atomic E-state index is 2.30. The molecule has 0 N–H and O–H groups in total. The maximum Gasteiger partial charge on any atom is -0.0302 e. The molecule has 1 aromatic carbocycles. The molecular weight excluding hydrogens is 180 g/mol. The molecule has 0 spiro atoms. The molecule has 0 aliphatic heterocycles. The second-order valence-electron chi connectivity index (χ2n) is 3.55. The van der Waals surface area contributed by atoms with Crippen LogP contribution in [0.25, 0.3) is 0 Å². The molecule has 0 nitrogen and oxygen atoms in total. The average Bonchev–Trinajstić information content (AvgIpc) is 2.31. The molecule has 1 rings (SSSR count). The first kappa shape index (κ1) is 14.2. The van der Waals surface area contributed by atoms with E-state index in [1.165, 1.54) is 23.1 Å². The minimum Gasteiger partial charge on any atom is -0.0683 e. The summed E-state index contributed by atoms with van der Waals surface area (Å²) in [5.74, 6) is 0. The number of benzene rings is 1. The molecule has 0 saturated carbocycles. The van der Waals surface area contributed by atoms with Crippen molar-refractivity contribution in [1.29, 1.82) is 0 Å². The number of hydrogen-bond acceptors (Lipinski definition) is 0. The molecule has 0 heterocycles.